The van der Waals surface area contributed by atoms with Crippen molar-refractivity contribution in [2.24, 2.45) is 0 Å². The predicted octanol–water partition coefficient (Wildman–Crippen LogP) is 5.02. The lowest BCUT2D eigenvalue weighted by Gasteiger charge is -2.08. The Morgan fingerprint density at radius 1 is 0.800 bits per heavy atom. The molecule has 0 spiro atoms. The topological polar surface area (TPSA) is 58.2 Å². The van der Waals surface area contributed by atoms with Crippen LogP contribution in [0.3, 0.4) is 0 Å². The molecule has 25 heavy (non-hydrogen) atoms. The van der Waals surface area contributed by atoms with Gasteiger partial charge in [0.25, 0.3) is 5.91 Å². The summed E-state index contributed by atoms with van der Waals surface area (Å²) in [5, 5.41) is 5.71. The first kappa shape index (κ1) is 18.7. The van der Waals surface area contributed by atoms with Crippen LogP contribution in [0, 0.1) is 0 Å². The molecule has 0 bridgehead atoms. The van der Waals surface area contributed by atoms with Crippen LogP contribution >= 0.6 is 0 Å². The fourth-order valence-electron chi connectivity index (χ4n) is 2.49. The molecule has 4 heteroatoms. The van der Waals surface area contributed by atoms with Crippen molar-refractivity contribution in [3.63, 3.8) is 0 Å². The van der Waals surface area contributed by atoms with E-state index in [1.807, 2.05) is 19.1 Å². The van der Waals surface area contributed by atoms with Crippen LogP contribution in [0.4, 0.5) is 11.4 Å². The molecule has 0 atom stereocenters. The van der Waals surface area contributed by atoms with Gasteiger partial charge in [0.1, 0.15) is 0 Å². The van der Waals surface area contributed by atoms with Crippen LogP contribution in [0.25, 0.3) is 0 Å². The van der Waals surface area contributed by atoms with E-state index in [1.165, 1.54) is 18.4 Å². The van der Waals surface area contributed by atoms with Gasteiger partial charge in [-0.25, -0.2) is 0 Å². The van der Waals surface area contributed by atoms with Crippen molar-refractivity contribution in [3.05, 3.63) is 59.7 Å². The average Bonchev–Trinajstić information content (AvgIpc) is 2.62. The highest BCUT2D eigenvalue weighted by molar-refractivity contribution is 6.04. The molecule has 0 radical (unpaired) electrons. The zero-order valence-corrected chi connectivity index (χ0v) is 15.0. The molecule has 2 aromatic rings. The summed E-state index contributed by atoms with van der Waals surface area (Å²) in [6.07, 6.45) is 4.72. The van der Waals surface area contributed by atoms with Gasteiger partial charge in [0, 0.05) is 23.4 Å². The van der Waals surface area contributed by atoms with Crippen molar-refractivity contribution in [2.75, 3.05) is 10.6 Å². The summed E-state index contributed by atoms with van der Waals surface area (Å²) in [6, 6.07) is 14.9. The van der Waals surface area contributed by atoms with Crippen LogP contribution in [0.2, 0.25) is 0 Å². The third-order valence-electron chi connectivity index (χ3n) is 3.94. The molecule has 4 nitrogen and oxygen atoms in total. The predicted molar refractivity (Wildman–Crippen MR) is 103 cm³/mol. The minimum Gasteiger partial charge on any atom is -0.326 e. The van der Waals surface area contributed by atoms with E-state index in [-0.39, 0.29) is 11.8 Å². The van der Waals surface area contributed by atoms with Gasteiger partial charge in [-0.15, -0.1) is 0 Å². The highest BCUT2D eigenvalue weighted by Crippen LogP contribution is 2.15. The Labute approximate surface area is 149 Å². The van der Waals surface area contributed by atoms with E-state index in [4.69, 9.17) is 0 Å². The SMILES string of the molecule is CCCCc1ccc(NC(=O)c2ccc(NC(=O)CCC)cc2)cc1. The number of carbonyl (C=O) groups excluding carboxylic acids is 2. The molecule has 2 rings (SSSR count). The number of hydrogen-bond acceptors (Lipinski definition) is 2. The van der Waals surface area contributed by atoms with Crippen LogP contribution in [0.1, 0.15) is 55.5 Å². The van der Waals surface area contributed by atoms with Crippen LogP contribution in [-0.2, 0) is 11.2 Å². The molecular weight excluding hydrogens is 312 g/mol. The molecule has 0 unspecified atom stereocenters. The summed E-state index contributed by atoms with van der Waals surface area (Å²) < 4.78 is 0. The van der Waals surface area contributed by atoms with Crippen molar-refractivity contribution in [2.45, 2.75) is 46.0 Å². The molecule has 2 N–H and O–H groups in total. The zero-order chi connectivity index (χ0) is 18.1. The van der Waals surface area contributed by atoms with Crippen molar-refractivity contribution >= 4 is 23.2 Å². The highest BCUT2D eigenvalue weighted by atomic mass is 16.2. The number of hydrogen-bond donors (Lipinski definition) is 2. The summed E-state index contributed by atoms with van der Waals surface area (Å²) >= 11 is 0. The molecular formula is C21H26N2O2. The molecule has 0 fully saturated rings. The van der Waals surface area contributed by atoms with Crippen molar-refractivity contribution in [1.29, 1.82) is 0 Å². The lowest BCUT2D eigenvalue weighted by atomic mass is 10.1. The van der Waals surface area contributed by atoms with E-state index in [0.29, 0.717) is 17.7 Å². The van der Waals surface area contributed by atoms with Crippen LogP contribution in [-0.4, -0.2) is 11.8 Å². The first-order valence-corrected chi connectivity index (χ1v) is 8.92. The average molecular weight is 338 g/mol. The van der Waals surface area contributed by atoms with E-state index in [9.17, 15) is 9.59 Å². The van der Waals surface area contributed by atoms with Crippen molar-refractivity contribution in [1.82, 2.24) is 0 Å². The molecule has 0 saturated carbocycles. The molecule has 0 aliphatic heterocycles. The van der Waals surface area contributed by atoms with Crippen LogP contribution in [0.15, 0.2) is 48.5 Å². The van der Waals surface area contributed by atoms with Gasteiger partial charge in [0.05, 0.1) is 0 Å². The van der Waals surface area contributed by atoms with Gasteiger partial charge in [0.15, 0.2) is 0 Å². The van der Waals surface area contributed by atoms with E-state index in [2.05, 4.69) is 29.7 Å². The number of unbranched alkanes of at least 4 members (excludes halogenated alkanes) is 1. The lowest BCUT2D eigenvalue weighted by Crippen LogP contribution is -2.13. The van der Waals surface area contributed by atoms with Gasteiger partial charge in [-0.3, -0.25) is 9.59 Å². The van der Waals surface area contributed by atoms with E-state index in [0.717, 1.165) is 18.5 Å². The van der Waals surface area contributed by atoms with Gasteiger partial charge in [-0.1, -0.05) is 32.4 Å². The van der Waals surface area contributed by atoms with Gasteiger partial charge in [-0.2, -0.15) is 0 Å². The van der Waals surface area contributed by atoms with Gasteiger partial charge >= 0.3 is 0 Å². The molecule has 132 valence electrons. The number of benzene rings is 2. The smallest absolute Gasteiger partial charge is 0.255 e. The second-order valence-corrected chi connectivity index (χ2v) is 6.13. The molecule has 2 amide bonds. The minimum absolute atomic E-state index is 0.0112. The Hall–Kier alpha value is -2.62. The third kappa shape index (κ3) is 6.07. The number of aryl methyl sites for hydroxylation is 1. The quantitative estimate of drug-likeness (QED) is 0.710. The Balaban J connectivity index is 1.93. The van der Waals surface area contributed by atoms with Gasteiger partial charge in [0.2, 0.25) is 5.91 Å². The summed E-state index contributed by atoms with van der Waals surface area (Å²) in [6.45, 7) is 4.14. The molecule has 0 aromatic heterocycles. The van der Waals surface area contributed by atoms with Gasteiger partial charge < -0.3 is 10.6 Å². The second kappa shape index (κ2) is 9.62. The number of carbonyl (C=O) groups is 2. The maximum atomic E-state index is 12.3. The fourth-order valence-corrected chi connectivity index (χ4v) is 2.49. The largest absolute Gasteiger partial charge is 0.326 e. The molecule has 0 saturated heterocycles. The van der Waals surface area contributed by atoms with Crippen LogP contribution in [0.5, 0.6) is 0 Å². The summed E-state index contributed by atoms with van der Waals surface area (Å²) in [7, 11) is 0. The first-order chi connectivity index (χ1) is 12.1. The first-order valence-electron chi connectivity index (χ1n) is 8.92. The molecule has 0 aliphatic carbocycles. The fraction of sp³-hybridized carbons (Fsp3) is 0.333. The van der Waals surface area contributed by atoms with Crippen molar-refractivity contribution in [3.8, 4) is 0 Å². The van der Waals surface area contributed by atoms with Crippen LogP contribution < -0.4 is 10.6 Å². The number of amides is 2. The monoisotopic (exact) mass is 338 g/mol. The standard InChI is InChI=1S/C21H26N2O2/c1-3-5-7-16-8-12-19(13-9-16)23-21(25)17-10-14-18(15-11-17)22-20(24)6-4-2/h8-15H,3-7H2,1-2H3,(H,22,24)(H,23,25). The second-order valence-electron chi connectivity index (χ2n) is 6.13. The lowest BCUT2D eigenvalue weighted by molar-refractivity contribution is -0.116. The Morgan fingerprint density at radius 2 is 1.40 bits per heavy atom. The van der Waals surface area contributed by atoms with Crippen molar-refractivity contribution < 1.29 is 9.59 Å². The zero-order valence-electron chi connectivity index (χ0n) is 15.0. The minimum atomic E-state index is -0.159. The Bertz CT molecular complexity index is 691. The molecule has 2 aromatic carbocycles. The molecule has 0 aliphatic rings. The summed E-state index contributed by atoms with van der Waals surface area (Å²) in [4.78, 5) is 23.9. The summed E-state index contributed by atoms with van der Waals surface area (Å²) in [5.41, 5.74) is 3.33. The summed E-state index contributed by atoms with van der Waals surface area (Å²) in [5.74, 6) is -0.171. The number of rotatable bonds is 8. The number of anilines is 2. The normalized spacial score (nSPS) is 10.3. The van der Waals surface area contributed by atoms with Gasteiger partial charge in [-0.05, 0) is 61.2 Å². The third-order valence-corrected chi connectivity index (χ3v) is 3.94. The van der Waals surface area contributed by atoms with E-state index < -0.39 is 0 Å². The molecule has 0 heterocycles. The maximum absolute atomic E-state index is 12.3. The number of nitrogens with one attached hydrogen (secondary N) is 2. The maximum Gasteiger partial charge on any atom is 0.255 e. The Morgan fingerprint density at radius 3 is 2.00 bits per heavy atom. The Kier molecular flexibility index (Phi) is 7.20. The van der Waals surface area contributed by atoms with E-state index in [1.54, 1.807) is 24.3 Å². The van der Waals surface area contributed by atoms with E-state index >= 15 is 0 Å². The highest BCUT2D eigenvalue weighted by Gasteiger charge is 2.07.